The summed E-state index contributed by atoms with van der Waals surface area (Å²) in [7, 11) is 0. The van der Waals surface area contributed by atoms with Crippen molar-refractivity contribution in [3.8, 4) is 0 Å². The predicted molar refractivity (Wildman–Crippen MR) is 73.6 cm³/mol. The first-order chi connectivity index (χ1) is 9.10. The number of benzene rings is 1. The van der Waals surface area contributed by atoms with Crippen LogP contribution in [0.1, 0.15) is 38.1 Å². The van der Waals surface area contributed by atoms with Crippen molar-refractivity contribution in [2.75, 3.05) is 5.73 Å². The molecule has 0 aliphatic rings. The Balaban J connectivity index is 2.73. The summed E-state index contributed by atoms with van der Waals surface area (Å²) in [6.45, 7) is 6.84. The highest BCUT2D eigenvalue weighted by Gasteiger charge is 2.24. The lowest BCUT2D eigenvalue weighted by atomic mass is 10.1. The van der Waals surface area contributed by atoms with Crippen LogP contribution in [0.15, 0.2) is 18.2 Å². The molecule has 6 heteroatoms. The minimum atomic E-state index is -1.02. The largest absolute Gasteiger partial charge is 0.449 e. The van der Waals surface area contributed by atoms with Gasteiger partial charge in [0.05, 0.1) is 5.56 Å². The summed E-state index contributed by atoms with van der Waals surface area (Å²) in [4.78, 5) is 23.5. The van der Waals surface area contributed by atoms with Gasteiger partial charge in [0.25, 0.3) is 5.91 Å². The highest BCUT2D eigenvalue weighted by molar-refractivity contribution is 5.92. The molecule has 0 bridgehead atoms. The molecule has 110 valence electrons. The maximum absolute atomic E-state index is 13.5. The maximum Gasteiger partial charge on any atom is 0.341 e. The molecule has 0 saturated heterocycles. The zero-order chi connectivity index (χ0) is 15.5. The Hall–Kier alpha value is -2.11. The van der Waals surface area contributed by atoms with Gasteiger partial charge in [0, 0.05) is 11.2 Å². The van der Waals surface area contributed by atoms with Gasteiger partial charge in [0.15, 0.2) is 6.10 Å². The average molecular weight is 282 g/mol. The number of carbonyl (C=O) groups is 2. The molecule has 0 spiro atoms. The highest BCUT2D eigenvalue weighted by atomic mass is 19.1. The van der Waals surface area contributed by atoms with Gasteiger partial charge in [-0.05, 0) is 45.9 Å². The van der Waals surface area contributed by atoms with E-state index in [1.54, 1.807) is 20.8 Å². The van der Waals surface area contributed by atoms with Crippen molar-refractivity contribution in [1.82, 2.24) is 5.32 Å². The van der Waals surface area contributed by atoms with E-state index >= 15 is 0 Å². The Labute approximate surface area is 117 Å². The fourth-order valence-corrected chi connectivity index (χ4v) is 1.45. The Morgan fingerprint density at radius 3 is 2.45 bits per heavy atom. The Morgan fingerprint density at radius 1 is 1.35 bits per heavy atom. The van der Waals surface area contributed by atoms with E-state index < -0.39 is 29.3 Å². The summed E-state index contributed by atoms with van der Waals surface area (Å²) in [5.41, 5.74) is 4.90. The quantitative estimate of drug-likeness (QED) is 0.655. The number of nitrogens with one attached hydrogen (secondary N) is 1. The highest BCUT2D eigenvalue weighted by Crippen LogP contribution is 2.14. The van der Waals surface area contributed by atoms with Gasteiger partial charge in [-0.1, -0.05) is 0 Å². The molecule has 1 unspecified atom stereocenters. The normalized spacial score (nSPS) is 12.7. The lowest BCUT2D eigenvalue weighted by Gasteiger charge is -2.23. The number of ether oxygens (including phenoxy) is 1. The number of amides is 1. The molecule has 5 nitrogen and oxygen atoms in total. The fourth-order valence-electron chi connectivity index (χ4n) is 1.45. The minimum absolute atomic E-state index is 0.206. The van der Waals surface area contributed by atoms with Crippen LogP contribution in [0, 0.1) is 5.82 Å². The summed E-state index contributed by atoms with van der Waals surface area (Å²) in [5.74, 6) is -2.13. The molecular formula is C14H19FN2O3. The van der Waals surface area contributed by atoms with Crippen LogP contribution in [0.5, 0.6) is 0 Å². The van der Waals surface area contributed by atoms with Crippen LogP contribution in [0.3, 0.4) is 0 Å². The topological polar surface area (TPSA) is 81.4 Å². The van der Waals surface area contributed by atoms with E-state index in [1.807, 2.05) is 0 Å². The summed E-state index contributed by atoms with van der Waals surface area (Å²) in [5, 5.41) is 2.67. The monoisotopic (exact) mass is 282 g/mol. The standard InChI is InChI=1S/C14H19FN2O3/c1-8(12(18)17-14(2,3)4)20-13(19)10-6-5-9(16)7-11(10)15/h5-8H,16H2,1-4H3,(H,17,18). The number of esters is 1. The van der Waals surface area contributed by atoms with E-state index in [9.17, 15) is 14.0 Å². The molecule has 1 rings (SSSR count). The molecule has 1 atom stereocenters. The number of rotatable bonds is 3. The van der Waals surface area contributed by atoms with Gasteiger partial charge in [-0.15, -0.1) is 0 Å². The molecular weight excluding hydrogens is 263 g/mol. The average Bonchev–Trinajstić information content (AvgIpc) is 2.26. The van der Waals surface area contributed by atoms with Gasteiger partial charge in [-0.2, -0.15) is 0 Å². The number of nitrogen functional groups attached to an aromatic ring is 1. The van der Waals surface area contributed by atoms with Crippen LogP contribution < -0.4 is 11.1 Å². The van der Waals surface area contributed by atoms with E-state index in [-0.39, 0.29) is 11.3 Å². The zero-order valence-corrected chi connectivity index (χ0v) is 12.0. The minimum Gasteiger partial charge on any atom is -0.449 e. The number of carbonyl (C=O) groups excluding carboxylic acids is 2. The number of halogens is 1. The number of anilines is 1. The molecule has 3 N–H and O–H groups in total. The van der Waals surface area contributed by atoms with Gasteiger partial charge in [0.2, 0.25) is 0 Å². The lowest BCUT2D eigenvalue weighted by Crippen LogP contribution is -2.46. The molecule has 0 saturated carbocycles. The van der Waals surface area contributed by atoms with Gasteiger partial charge in [-0.25, -0.2) is 9.18 Å². The summed E-state index contributed by atoms with van der Waals surface area (Å²) < 4.78 is 18.5. The van der Waals surface area contributed by atoms with E-state index in [1.165, 1.54) is 19.1 Å². The van der Waals surface area contributed by atoms with Crippen LogP contribution in [-0.4, -0.2) is 23.5 Å². The van der Waals surface area contributed by atoms with Crippen molar-refractivity contribution in [2.24, 2.45) is 0 Å². The molecule has 1 aromatic rings. The van der Waals surface area contributed by atoms with Gasteiger partial charge < -0.3 is 15.8 Å². The molecule has 1 amide bonds. The zero-order valence-electron chi connectivity index (χ0n) is 12.0. The molecule has 0 radical (unpaired) electrons. The fraction of sp³-hybridized carbons (Fsp3) is 0.429. The summed E-state index contributed by atoms with van der Waals surface area (Å²) in [6, 6.07) is 3.64. The molecule has 0 heterocycles. The Morgan fingerprint density at radius 2 is 1.95 bits per heavy atom. The van der Waals surface area contributed by atoms with Crippen molar-refractivity contribution < 1.29 is 18.7 Å². The molecule has 0 fully saturated rings. The number of nitrogens with two attached hydrogens (primary N) is 1. The van der Waals surface area contributed by atoms with Crippen molar-refractivity contribution in [3.05, 3.63) is 29.6 Å². The Bertz CT molecular complexity index is 524. The van der Waals surface area contributed by atoms with Crippen molar-refractivity contribution in [1.29, 1.82) is 0 Å². The molecule has 1 aromatic carbocycles. The van der Waals surface area contributed by atoms with Crippen LogP contribution in [0.4, 0.5) is 10.1 Å². The second kappa shape index (κ2) is 5.90. The summed E-state index contributed by atoms with van der Waals surface area (Å²) >= 11 is 0. The van der Waals surface area contributed by atoms with Gasteiger partial charge >= 0.3 is 5.97 Å². The van der Waals surface area contributed by atoms with E-state index in [4.69, 9.17) is 10.5 Å². The van der Waals surface area contributed by atoms with Crippen LogP contribution in [-0.2, 0) is 9.53 Å². The van der Waals surface area contributed by atoms with Crippen molar-refractivity contribution >= 4 is 17.6 Å². The second-order valence-electron chi connectivity index (χ2n) is 5.53. The first-order valence-corrected chi connectivity index (χ1v) is 6.18. The first-order valence-electron chi connectivity index (χ1n) is 6.18. The van der Waals surface area contributed by atoms with Crippen LogP contribution in [0.2, 0.25) is 0 Å². The first kappa shape index (κ1) is 15.9. The summed E-state index contributed by atoms with van der Waals surface area (Å²) in [6.07, 6.45) is -1.02. The van der Waals surface area contributed by atoms with Crippen molar-refractivity contribution in [2.45, 2.75) is 39.3 Å². The number of hydrogen-bond acceptors (Lipinski definition) is 4. The third-order valence-electron chi connectivity index (χ3n) is 2.36. The smallest absolute Gasteiger partial charge is 0.341 e. The van der Waals surface area contributed by atoms with Crippen molar-refractivity contribution in [3.63, 3.8) is 0 Å². The van der Waals surface area contributed by atoms with E-state index in [0.29, 0.717) is 0 Å². The van der Waals surface area contributed by atoms with Crippen LogP contribution >= 0.6 is 0 Å². The third kappa shape index (κ3) is 4.53. The molecule has 20 heavy (non-hydrogen) atoms. The second-order valence-corrected chi connectivity index (χ2v) is 5.53. The molecule has 0 aliphatic carbocycles. The van der Waals surface area contributed by atoms with E-state index in [0.717, 1.165) is 6.07 Å². The van der Waals surface area contributed by atoms with Gasteiger partial charge in [-0.3, -0.25) is 4.79 Å². The predicted octanol–water partition coefficient (Wildman–Crippen LogP) is 1.87. The number of hydrogen-bond donors (Lipinski definition) is 2. The van der Waals surface area contributed by atoms with Crippen LogP contribution in [0.25, 0.3) is 0 Å². The molecule has 0 aromatic heterocycles. The lowest BCUT2D eigenvalue weighted by molar-refractivity contribution is -0.130. The molecule has 0 aliphatic heterocycles. The Kier molecular flexibility index (Phi) is 4.70. The maximum atomic E-state index is 13.5. The SMILES string of the molecule is CC(OC(=O)c1ccc(N)cc1F)C(=O)NC(C)(C)C. The van der Waals surface area contributed by atoms with E-state index in [2.05, 4.69) is 5.32 Å². The van der Waals surface area contributed by atoms with Gasteiger partial charge in [0.1, 0.15) is 5.82 Å². The third-order valence-corrected chi connectivity index (χ3v) is 2.36.